The van der Waals surface area contributed by atoms with Gasteiger partial charge in [0.15, 0.2) is 6.23 Å². The van der Waals surface area contributed by atoms with E-state index in [2.05, 4.69) is 36.3 Å². The van der Waals surface area contributed by atoms with E-state index in [1.165, 1.54) is 11.1 Å². The molecule has 5 heteroatoms. The van der Waals surface area contributed by atoms with Gasteiger partial charge < -0.3 is 9.72 Å². The van der Waals surface area contributed by atoms with Gasteiger partial charge in [-0.25, -0.2) is 4.79 Å². The molecular formula is C29H28N2O3. The molecule has 2 N–H and O–H groups in total. The summed E-state index contributed by atoms with van der Waals surface area (Å²) in [6.45, 7) is 4.19. The Kier molecular flexibility index (Phi) is 5.80. The SMILES string of the molecule is CC=C1C2C=C(C)CC1(NC(OC(=O)c1ccccc1)c1ccccc1)c1ccc(=O)[nH]c1C2. The molecule has 0 radical (unpaired) electrons. The molecule has 0 fully saturated rings. The van der Waals surface area contributed by atoms with Gasteiger partial charge in [0.05, 0.1) is 11.1 Å². The summed E-state index contributed by atoms with van der Waals surface area (Å²) in [7, 11) is 0. The van der Waals surface area contributed by atoms with Gasteiger partial charge in [-0.05, 0) is 56.0 Å². The fraction of sp³-hybridized carbons (Fsp3) is 0.241. The first-order chi connectivity index (χ1) is 16.5. The van der Waals surface area contributed by atoms with Crippen LogP contribution in [0.15, 0.2) is 101 Å². The summed E-state index contributed by atoms with van der Waals surface area (Å²) in [6.07, 6.45) is 5.22. The van der Waals surface area contributed by atoms with E-state index in [1.807, 2.05) is 54.6 Å². The molecule has 5 rings (SSSR count). The predicted octanol–water partition coefficient (Wildman–Crippen LogP) is 5.18. The Balaban J connectivity index is 1.62. The lowest BCUT2D eigenvalue weighted by Crippen LogP contribution is -2.53. The van der Waals surface area contributed by atoms with Crippen molar-refractivity contribution >= 4 is 5.97 Å². The summed E-state index contributed by atoms with van der Waals surface area (Å²) in [6, 6.07) is 22.3. The second-order valence-electron chi connectivity index (χ2n) is 9.07. The molecule has 3 aromatic rings. The normalized spacial score (nSPS) is 23.1. The zero-order valence-electron chi connectivity index (χ0n) is 19.4. The lowest BCUT2D eigenvalue weighted by molar-refractivity contribution is 0.0102. The number of pyridine rings is 1. The number of nitrogens with one attached hydrogen (secondary N) is 2. The maximum absolute atomic E-state index is 13.1. The second kappa shape index (κ2) is 8.92. The highest BCUT2D eigenvalue weighted by molar-refractivity contribution is 5.89. The number of H-pyrrole nitrogens is 1. The van der Waals surface area contributed by atoms with Gasteiger partial charge >= 0.3 is 5.97 Å². The van der Waals surface area contributed by atoms with Crippen molar-refractivity contribution in [1.82, 2.24) is 10.3 Å². The average molecular weight is 453 g/mol. The fourth-order valence-electron chi connectivity index (χ4n) is 5.50. The number of rotatable bonds is 5. The lowest BCUT2D eigenvalue weighted by atomic mass is 9.63. The van der Waals surface area contributed by atoms with Crippen LogP contribution in [-0.2, 0) is 16.7 Å². The summed E-state index contributed by atoms with van der Waals surface area (Å²) < 4.78 is 6.11. The van der Waals surface area contributed by atoms with Crippen molar-refractivity contribution in [2.45, 2.75) is 38.5 Å². The van der Waals surface area contributed by atoms with Crippen molar-refractivity contribution in [2.24, 2.45) is 5.92 Å². The summed E-state index contributed by atoms with van der Waals surface area (Å²) in [5.41, 5.74) is 5.10. The predicted molar refractivity (Wildman–Crippen MR) is 132 cm³/mol. The van der Waals surface area contributed by atoms with Crippen molar-refractivity contribution < 1.29 is 9.53 Å². The van der Waals surface area contributed by atoms with E-state index in [1.54, 1.807) is 18.2 Å². The van der Waals surface area contributed by atoms with Gasteiger partial charge in [0.2, 0.25) is 5.56 Å². The summed E-state index contributed by atoms with van der Waals surface area (Å²) in [5.74, 6) is -0.226. The molecule has 3 atom stereocenters. The van der Waals surface area contributed by atoms with Crippen LogP contribution in [0.2, 0.25) is 0 Å². The number of aromatic nitrogens is 1. The molecule has 172 valence electrons. The Bertz CT molecular complexity index is 1320. The van der Waals surface area contributed by atoms with Crippen molar-refractivity contribution in [1.29, 1.82) is 0 Å². The average Bonchev–Trinajstić information content (AvgIpc) is 2.84. The Labute approximate surface area is 199 Å². The zero-order chi connectivity index (χ0) is 23.7. The zero-order valence-corrected chi connectivity index (χ0v) is 19.4. The first-order valence-corrected chi connectivity index (χ1v) is 11.7. The highest BCUT2D eigenvalue weighted by atomic mass is 16.6. The number of esters is 1. The van der Waals surface area contributed by atoms with Gasteiger partial charge in [0.25, 0.3) is 0 Å². The standard InChI is InChI=1S/C29H28N2O3/c1-3-23-22-16-19(2)18-29(23,24-14-15-26(32)30-25(24)17-22)31-27(20-10-6-4-7-11-20)34-28(33)21-12-8-5-9-13-21/h3-16,22,27,31H,17-18H2,1-2H3,(H,30,32). The Morgan fingerprint density at radius 2 is 1.79 bits per heavy atom. The third kappa shape index (κ3) is 3.93. The smallest absolute Gasteiger partial charge is 0.339 e. The van der Waals surface area contributed by atoms with Crippen LogP contribution in [0, 0.1) is 5.92 Å². The van der Waals surface area contributed by atoms with E-state index in [9.17, 15) is 9.59 Å². The van der Waals surface area contributed by atoms with Crippen molar-refractivity contribution in [3.63, 3.8) is 0 Å². The van der Waals surface area contributed by atoms with Gasteiger partial charge in [-0.2, -0.15) is 0 Å². The lowest BCUT2D eigenvalue weighted by Gasteiger charge is -2.49. The Hall–Kier alpha value is -3.70. The van der Waals surface area contributed by atoms with E-state index in [4.69, 9.17) is 4.74 Å². The maximum atomic E-state index is 13.1. The molecule has 2 aliphatic rings. The van der Waals surface area contributed by atoms with Gasteiger partial charge in [0, 0.05) is 23.2 Å². The van der Waals surface area contributed by atoms with Gasteiger partial charge in [-0.15, -0.1) is 0 Å². The summed E-state index contributed by atoms with van der Waals surface area (Å²) in [4.78, 5) is 28.3. The molecule has 0 aliphatic heterocycles. The molecule has 3 unspecified atom stereocenters. The number of hydrogen-bond acceptors (Lipinski definition) is 4. The van der Waals surface area contributed by atoms with Crippen LogP contribution in [0.5, 0.6) is 0 Å². The number of allylic oxidation sites excluding steroid dienone is 2. The number of hydrogen-bond donors (Lipinski definition) is 2. The van der Waals surface area contributed by atoms with Crippen LogP contribution in [0.1, 0.15) is 53.7 Å². The van der Waals surface area contributed by atoms with Gasteiger partial charge in [-0.1, -0.05) is 66.3 Å². The quantitative estimate of drug-likeness (QED) is 0.318. The summed E-state index contributed by atoms with van der Waals surface area (Å²) in [5, 5.41) is 3.75. The molecule has 5 nitrogen and oxygen atoms in total. The van der Waals surface area contributed by atoms with E-state index < -0.39 is 17.7 Å². The van der Waals surface area contributed by atoms with Crippen LogP contribution < -0.4 is 10.9 Å². The molecule has 1 aromatic heterocycles. The highest BCUT2D eigenvalue weighted by Crippen LogP contribution is 2.50. The first-order valence-electron chi connectivity index (χ1n) is 11.7. The highest BCUT2D eigenvalue weighted by Gasteiger charge is 2.48. The fourth-order valence-corrected chi connectivity index (χ4v) is 5.50. The first kappa shape index (κ1) is 22.1. The number of fused-ring (bicyclic) bond motifs is 4. The third-order valence-electron chi connectivity index (χ3n) is 6.83. The van der Waals surface area contributed by atoms with Crippen LogP contribution >= 0.6 is 0 Å². The van der Waals surface area contributed by atoms with E-state index in [-0.39, 0.29) is 11.5 Å². The Morgan fingerprint density at radius 1 is 1.09 bits per heavy atom. The molecule has 34 heavy (non-hydrogen) atoms. The third-order valence-corrected chi connectivity index (χ3v) is 6.83. The van der Waals surface area contributed by atoms with E-state index in [0.717, 1.165) is 23.2 Å². The minimum atomic E-state index is -0.687. The van der Waals surface area contributed by atoms with Gasteiger partial charge in [0.1, 0.15) is 0 Å². The molecule has 0 amide bonds. The van der Waals surface area contributed by atoms with Crippen LogP contribution in [0.3, 0.4) is 0 Å². The molecular weight excluding hydrogens is 424 g/mol. The maximum Gasteiger partial charge on any atom is 0.339 e. The monoisotopic (exact) mass is 452 g/mol. The molecule has 2 aromatic carbocycles. The van der Waals surface area contributed by atoms with E-state index in [0.29, 0.717) is 12.0 Å². The largest absolute Gasteiger partial charge is 0.439 e. The minimum Gasteiger partial charge on any atom is -0.439 e. The number of aromatic amines is 1. The molecule has 1 heterocycles. The number of ether oxygens (including phenoxy) is 1. The van der Waals surface area contributed by atoms with Crippen molar-refractivity contribution in [2.75, 3.05) is 0 Å². The molecule has 0 saturated carbocycles. The van der Waals surface area contributed by atoms with E-state index >= 15 is 0 Å². The van der Waals surface area contributed by atoms with Gasteiger partial charge in [-0.3, -0.25) is 10.1 Å². The molecule has 2 aliphatic carbocycles. The van der Waals surface area contributed by atoms with Crippen LogP contribution in [-0.4, -0.2) is 11.0 Å². The van der Waals surface area contributed by atoms with Crippen molar-refractivity contribution in [3.8, 4) is 0 Å². The summed E-state index contributed by atoms with van der Waals surface area (Å²) >= 11 is 0. The molecule has 0 spiro atoms. The van der Waals surface area contributed by atoms with Crippen LogP contribution in [0.4, 0.5) is 0 Å². The molecule has 2 bridgehead atoms. The Morgan fingerprint density at radius 3 is 2.50 bits per heavy atom. The molecule has 0 saturated heterocycles. The topological polar surface area (TPSA) is 71.2 Å². The number of benzene rings is 2. The number of carbonyl (C=O) groups is 1. The van der Waals surface area contributed by atoms with Crippen LogP contribution in [0.25, 0.3) is 0 Å². The minimum absolute atomic E-state index is 0.105. The van der Waals surface area contributed by atoms with Crippen molar-refractivity contribution in [3.05, 3.63) is 129 Å². The second-order valence-corrected chi connectivity index (χ2v) is 9.07. The number of carbonyl (C=O) groups excluding carboxylic acids is 1.